The first kappa shape index (κ1) is 20.2. The molecule has 1 aliphatic heterocycles. The van der Waals surface area contributed by atoms with E-state index in [0.29, 0.717) is 16.7 Å². The minimum atomic E-state index is -1.45. The second-order valence-electron chi connectivity index (χ2n) is 7.49. The Morgan fingerprint density at radius 3 is 1.97 bits per heavy atom. The van der Waals surface area contributed by atoms with Crippen molar-refractivity contribution in [3.05, 3.63) is 120 Å². The third-order valence-corrected chi connectivity index (χ3v) is 5.55. The number of rotatable bonds is 5. The summed E-state index contributed by atoms with van der Waals surface area (Å²) >= 11 is 0. The molecule has 3 aromatic carbocycles. The van der Waals surface area contributed by atoms with Crippen LogP contribution in [0.1, 0.15) is 21.5 Å². The third kappa shape index (κ3) is 3.43. The fourth-order valence-corrected chi connectivity index (χ4v) is 3.92. The van der Waals surface area contributed by atoms with Crippen molar-refractivity contribution in [2.24, 2.45) is 0 Å². The fraction of sp³-hybridized carbons (Fsp3) is 0.0400. The Hall–Kier alpha value is -4.72. The van der Waals surface area contributed by atoms with Crippen molar-refractivity contribution in [1.82, 2.24) is 25.5 Å². The lowest BCUT2D eigenvalue weighted by Gasteiger charge is -2.27. The molecule has 5 rings (SSSR count). The first-order valence-corrected chi connectivity index (χ1v) is 10.3. The molecule has 2 heterocycles. The van der Waals surface area contributed by atoms with E-state index in [9.17, 15) is 14.4 Å². The number of amides is 4. The maximum Gasteiger partial charge on any atom is 0.344 e. The summed E-state index contributed by atoms with van der Waals surface area (Å²) in [5.41, 5.74) is 3.26. The van der Waals surface area contributed by atoms with Gasteiger partial charge in [0.2, 0.25) is 0 Å². The summed E-state index contributed by atoms with van der Waals surface area (Å²) in [7, 11) is 0. The number of benzene rings is 3. The molecule has 0 unspecified atom stereocenters. The second kappa shape index (κ2) is 8.08. The van der Waals surface area contributed by atoms with Gasteiger partial charge in [-0.05, 0) is 41.5 Å². The number of carbonyl (C=O) groups is 3. The van der Waals surface area contributed by atoms with Crippen molar-refractivity contribution in [3.8, 4) is 5.69 Å². The van der Waals surface area contributed by atoms with Crippen LogP contribution in [-0.2, 0) is 10.3 Å². The van der Waals surface area contributed by atoms with Crippen LogP contribution in [0.5, 0.6) is 0 Å². The Morgan fingerprint density at radius 2 is 1.42 bits per heavy atom. The van der Waals surface area contributed by atoms with Crippen LogP contribution in [0.3, 0.4) is 0 Å². The van der Waals surface area contributed by atoms with Gasteiger partial charge >= 0.3 is 6.03 Å². The van der Waals surface area contributed by atoms with Crippen LogP contribution >= 0.6 is 0 Å². The molecule has 0 radical (unpaired) electrons. The van der Waals surface area contributed by atoms with Gasteiger partial charge in [-0.2, -0.15) is 10.1 Å². The molecule has 1 fully saturated rings. The maximum atomic E-state index is 13.6. The van der Waals surface area contributed by atoms with Gasteiger partial charge in [-0.25, -0.2) is 9.48 Å². The average Bonchev–Trinajstić information content (AvgIpc) is 3.49. The lowest BCUT2D eigenvalue weighted by Crippen LogP contribution is -2.49. The molecule has 2 N–H and O–H groups in total. The molecule has 1 aliphatic rings. The van der Waals surface area contributed by atoms with E-state index < -0.39 is 23.4 Å². The molecule has 8 nitrogen and oxygen atoms in total. The van der Waals surface area contributed by atoms with Crippen molar-refractivity contribution in [2.75, 3.05) is 0 Å². The molecule has 162 valence electrons. The van der Waals surface area contributed by atoms with Crippen molar-refractivity contribution < 1.29 is 14.4 Å². The Balaban J connectivity index is 1.44. The number of hydrazine groups is 1. The number of nitrogens with zero attached hydrogens (tertiary/aromatic N) is 3. The van der Waals surface area contributed by atoms with Crippen LogP contribution in [0, 0.1) is 0 Å². The predicted molar refractivity (Wildman–Crippen MR) is 120 cm³/mol. The molecule has 4 amide bonds. The Kier molecular flexibility index (Phi) is 4.95. The molecule has 0 saturated carbocycles. The molecular formula is C25H19N5O3. The summed E-state index contributed by atoms with van der Waals surface area (Å²) < 4.78 is 1.66. The lowest BCUT2D eigenvalue weighted by molar-refractivity contribution is -0.131. The standard InChI is InChI=1S/C25H19N5O3/c31-22(18-12-14-21(15-13-18)29-17-7-16-26-29)28-30-23(32)25(27-24(30)33,19-8-3-1-4-9-19)20-10-5-2-6-11-20/h1-17H,(H,27,33)(H,28,31). The molecule has 0 atom stereocenters. The molecule has 8 heteroatoms. The zero-order valence-electron chi connectivity index (χ0n) is 17.4. The smallest absolute Gasteiger partial charge is 0.314 e. The van der Waals surface area contributed by atoms with Crippen LogP contribution in [0.4, 0.5) is 4.79 Å². The number of imide groups is 1. The molecular weight excluding hydrogens is 418 g/mol. The van der Waals surface area contributed by atoms with Gasteiger partial charge in [0.05, 0.1) is 5.69 Å². The SMILES string of the molecule is O=C(NN1C(=O)NC(c2ccccc2)(c2ccccc2)C1=O)c1ccc(-n2cccn2)cc1. The van der Waals surface area contributed by atoms with E-state index in [0.717, 1.165) is 10.7 Å². The minimum absolute atomic E-state index is 0.295. The average molecular weight is 437 g/mol. The predicted octanol–water partition coefficient (Wildman–Crippen LogP) is 3.01. The molecule has 1 saturated heterocycles. The van der Waals surface area contributed by atoms with Gasteiger partial charge in [0.1, 0.15) is 0 Å². The van der Waals surface area contributed by atoms with Crippen LogP contribution in [0.15, 0.2) is 103 Å². The van der Waals surface area contributed by atoms with Gasteiger partial charge in [-0.1, -0.05) is 60.7 Å². The van der Waals surface area contributed by atoms with E-state index >= 15 is 0 Å². The summed E-state index contributed by atoms with van der Waals surface area (Å²) in [6.45, 7) is 0. The zero-order chi connectivity index (χ0) is 22.8. The molecule has 4 aromatic rings. The van der Waals surface area contributed by atoms with E-state index in [1.807, 2.05) is 12.1 Å². The highest BCUT2D eigenvalue weighted by molar-refractivity contribution is 6.11. The Morgan fingerprint density at radius 1 is 0.818 bits per heavy atom. The topological polar surface area (TPSA) is 96.3 Å². The molecule has 33 heavy (non-hydrogen) atoms. The monoisotopic (exact) mass is 437 g/mol. The largest absolute Gasteiger partial charge is 0.344 e. The summed E-state index contributed by atoms with van der Waals surface area (Å²) in [6, 6.07) is 25.7. The highest BCUT2D eigenvalue weighted by Gasteiger charge is 2.54. The van der Waals surface area contributed by atoms with E-state index in [2.05, 4.69) is 15.8 Å². The zero-order valence-corrected chi connectivity index (χ0v) is 17.4. The van der Waals surface area contributed by atoms with Gasteiger partial charge < -0.3 is 5.32 Å². The number of aromatic nitrogens is 2. The van der Waals surface area contributed by atoms with Gasteiger partial charge in [-0.15, -0.1) is 0 Å². The van der Waals surface area contributed by atoms with Crippen molar-refractivity contribution in [3.63, 3.8) is 0 Å². The van der Waals surface area contributed by atoms with Crippen LogP contribution in [0.2, 0.25) is 0 Å². The summed E-state index contributed by atoms with van der Waals surface area (Å²) in [4.78, 5) is 39.4. The quantitative estimate of drug-likeness (QED) is 0.469. The summed E-state index contributed by atoms with van der Waals surface area (Å²) in [5, 5.41) is 7.68. The lowest BCUT2D eigenvalue weighted by atomic mass is 9.83. The fourth-order valence-electron chi connectivity index (χ4n) is 3.92. The molecule has 0 spiro atoms. The second-order valence-corrected chi connectivity index (χ2v) is 7.49. The number of hydrogen-bond acceptors (Lipinski definition) is 4. The normalized spacial score (nSPS) is 14.7. The van der Waals surface area contributed by atoms with Gasteiger partial charge in [0.25, 0.3) is 11.8 Å². The van der Waals surface area contributed by atoms with E-state index in [4.69, 9.17) is 0 Å². The highest BCUT2D eigenvalue weighted by atomic mass is 16.2. The Bertz CT molecular complexity index is 1260. The van der Waals surface area contributed by atoms with E-state index in [-0.39, 0.29) is 0 Å². The maximum absolute atomic E-state index is 13.6. The molecule has 1 aromatic heterocycles. The molecule has 0 bridgehead atoms. The number of nitrogens with one attached hydrogen (secondary N) is 2. The highest BCUT2D eigenvalue weighted by Crippen LogP contribution is 2.35. The first-order chi connectivity index (χ1) is 16.1. The number of hydrogen-bond donors (Lipinski definition) is 2. The third-order valence-electron chi connectivity index (χ3n) is 5.55. The molecule has 0 aliphatic carbocycles. The number of carbonyl (C=O) groups excluding carboxylic acids is 3. The van der Waals surface area contributed by atoms with E-state index in [1.165, 1.54) is 0 Å². The summed E-state index contributed by atoms with van der Waals surface area (Å²) in [5.74, 6) is -1.17. The van der Waals surface area contributed by atoms with Gasteiger partial charge in [0, 0.05) is 18.0 Å². The van der Waals surface area contributed by atoms with Crippen LogP contribution in [0.25, 0.3) is 5.69 Å². The van der Waals surface area contributed by atoms with Crippen molar-refractivity contribution in [1.29, 1.82) is 0 Å². The van der Waals surface area contributed by atoms with Crippen LogP contribution in [-0.4, -0.2) is 32.6 Å². The first-order valence-electron chi connectivity index (χ1n) is 10.3. The minimum Gasteiger partial charge on any atom is -0.314 e. The van der Waals surface area contributed by atoms with Gasteiger partial charge in [0.15, 0.2) is 5.54 Å². The van der Waals surface area contributed by atoms with Crippen molar-refractivity contribution in [2.45, 2.75) is 5.54 Å². The Labute approximate surface area is 189 Å². The summed E-state index contributed by atoms with van der Waals surface area (Å²) in [6.07, 6.45) is 3.44. The van der Waals surface area contributed by atoms with E-state index in [1.54, 1.807) is 95.9 Å². The van der Waals surface area contributed by atoms with Crippen LogP contribution < -0.4 is 10.7 Å². The van der Waals surface area contributed by atoms with Gasteiger partial charge in [-0.3, -0.25) is 15.0 Å². The van der Waals surface area contributed by atoms with Crippen molar-refractivity contribution >= 4 is 17.8 Å². The number of urea groups is 1.